The molecule has 3 N–H and O–H groups in total. The van der Waals surface area contributed by atoms with Crippen LogP contribution in [0.15, 0.2) is 30.3 Å². The first-order valence-corrected chi connectivity index (χ1v) is 8.48. The summed E-state index contributed by atoms with van der Waals surface area (Å²) < 4.78 is 0. The van der Waals surface area contributed by atoms with E-state index in [9.17, 15) is 14.7 Å². The summed E-state index contributed by atoms with van der Waals surface area (Å²) in [7, 11) is 0. The number of carboxylic acids is 1. The first-order chi connectivity index (χ1) is 10.9. The first kappa shape index (κ1) is 19.5. The number of thiol groups is 1. The van der Waals surface area contributed by atoms with Gasteiger partial charge in [0.05, 0.1) is 6.04 Å². The van der Waals surface area contributed by atoms with Gasteiger partial charge in [0.1, 0.15) is 6.04 Å². The highest BCUT2D eigenvalue weighted by Gasteiger charge is 2.25. The Balaban J connectivity index is 2.75. The van der Waals surface area contributed by atoms with Gasteiger partial charge in [-0.25, -0.2) is 4.79 Å². The monoisotopic (exact) mass is 338 g/mol. The smallest absolute Gasteiger partial charge is 0.326 e. The third kappa shape index (κ3) is 7.52. The number of hydrogen-bond donors (Lipinski definition) is 4. The van der Waals surface area contributed by atoms with Crippen LogP contribution in [0.5, 0.6) is 0 Å². The molecule has 0 aliphatic heterocycles. The lowest BCUT2D eigenvalue weighted by molar-refractivity contribution is -0.142. The molecular formula is C17H26N2O3S. The molecule has 1 aromatic carbocycles. The first-order valence-electron chi connectivity index (χ1n) is 7.85. The Morgan fingerprint density at radius 1 is 1.17 bits per heavy atom. The molecule has 5 nitrogen and oxygen atoms in total. The molecule has 0 fully saturated rings. The Morgan fingerprint density at radius 3 is 2.35 bits per heavy atom. The minimum atomic E-state index is -1.00. The Morgan fingerprint density at radius 2 is 1.83 bits per heavy atom. The van der Waals surface area contributed by atoms with Crippen molar-refractivity contribution in [1.29, 1.82) is 0 Å². The standard InChI is InChI=1S/C17H26N2O3S/c1-12(2)10-15(17(21)22)19-16(20)14(18-8-9-23)11-13-6-4-3-5-7-13/h3-7,12,14-15,18,23H,8-11H2,1-2H3,(H,19,20)(H,21,22)/t14-,15-/m0/s1. The normalized spacial score (nSPS) is 13.6. The molecular weight excluding hydrogens is 312 g/mol. The molecule has 0 saturated heterocycles. The second-order valence-corrected chi connectivity index (χ2v) is 6.40. The lowest BCUT2D eigenvalue weighted by Gasteiger charge is -2.22. The highest BCUT2D eigenvalue weighted by molar-refractivity contribution is 7.80. The molecule has 1 aromatic rings. The minimum Gasteiger partial charge on any atom is -0.480 e. The zero-order valence-corrected chi connectivity index (χ0v) is 14.6. The number of benzene rings is 1. The van der Waals surface area contributed by atoms with Crippen LogP contribution in [0.4, 0.5) is 0 Å². The van der Waals surface area contributed by atoms with E-state index in [4.69, 9.17) is 0 Å². The van der Waals surface area contributed by atoms with Gasteiger partial charge < -0.3 is 15.7 Å². The molecule has 0 unspecified atom stereocenters. The maximum atomic E-state index is 12.5. The third-order valence-corrected chi connectivity index (χ3v) is 3.65. The average molecular weight is 338 g/mol. The fourth-order valence-electron chi connectivity index (χ4n) is 2.31. The molecule has 6 heteroatoms. The number of aliphatic carboxylic acids is 1. The molecule has 1 rings (SSSR count). The fourth-order valence-corrected chi connectivity index (χ4v) is 2.44. The van der Waals surface area contributed by atoms with E-state index < -0.39 is 18.1 Å². The maximum absolute atomic E-state index is 12.5. The van der Waals surface area contributed by atoms with Crippen LogP contribution in [0.2, 0.25) is 0 Å². The molecule has 0 radical (unpaired) electrons. The summed E-state index contributed by atoms with van der Waals surface area (Å²) in [4.78, 5) is 23.8. The van der Waals surface area contributed by atoms with E-state index in [1.54, 1.807) is 0 Å². The van der Waals surface area contributed by atoms with Gasteiger partial charge in [0, 0.05) is 12.3 Å². The van der Waals surface area contributed by atoms with Crippen LogP contribution in [0.1, 0.15) is 25.8 Å². The van der Waals surface area contributed by atoms with Crippen molar-refractivity contribution in [2.75, 3.05) is 12.3 Å². The van der Waals surface area contributed by atoms with Gasteiger partial charge in [-0.2, -0.15) is 12.6 Å². The molecule has 0 heterocycles. The van der Waals surface area contributed by atoms with E-state index in [0.29, 0.717) is 25.1 Å². The Hall–Kier alpha value is -1.53. The van der Waals surface area contributed by atoms with Gasteiger partial charge in [0.25, 0.3) is 0 Å². The predicted octanol–water partition coefficient (Wildman–Crippen LogP) is 1.73. The zero-order chi connectivity index (χ0) is 17.2. The van der Waals surface area contributed by atoms with Crippen LogP contribution in [-0.4, -0.2) is 41.4 Å². The van der Waals surface area contributed by atoms with Crippen LogP contribution in [0.3, 0.4) is 0 Å². The van der Waals surface area contributed by atoms with Gasteiger partial charge in [0.15, 0.2) is 0 Å². The summed E-state index contributed by atoms with van der Waals surface area (Å²) in [6, 6.07) is 8.32. The molecule has 0 aliphatic carbocycles. The van der Waals surface area contributed by atoms with Gasteiger partial charge in [-0.05, 0) is 24.3 Å². The summed E-state index contributed by atoms with van der Waals surface area (Å²) in [6.07, 6.45) is 0.917. The Kier molecular flexibility index (Phi) is 8.73. The predicted molar refractivity (Wildman–Crippen MR) is 94.8 cm³/mol. The van der Waals surface area contributed by atoms with Crippen LogP contribution >= 0.6 is 12.6 Å². The number of nitrogens with one attached hydrogen (secondary N) is 2. The second-order valence-electron chi connectivity index (χ2n) is 5.95. The molecule has 0 saturated carbocycles. The summed E-state index contributed by atoms with van der Waals surface area (Å²) in [6.45, 7) is 4.45. The topological polar surface area (TPSA) is 78.4 Å². The highest BCUT2D eigenvalue weighted by atomic mass is 32.1. The van der Waals surface area contributed by atoms with Gasteiger partial charge in [0.2, 0.25) is 5.91 Å². The van der Waals surface area contributed by atoms with Crippen molar-refractivity contribution < 1.29 is 14.7 Å². The minimum absolute atomic E-state index is 0.189. The quantitative estimate of drug-likeness (QED) is 0.490. The lowest BCUT2D eigenvalue weighted by Crippen LogP contribution is -2.51. The largest absolute Gasteiger partial charge is 0.480 e. The number of amides is 1. The van der Waals surface area contributed by atoms with E-state index in [-0.39, 0.29) is 11.8 Å². The van der Waals surface area contributed by atoms with Crippen molar-refractivity contribution in [3.8, 4) is 0 Å². The van der Waals surface area contributed by atoms with Gasteiger partial charge in [-0.15, -0.1) is 0 Å². The molecule has 0 bridgehead atoms. The lowest BCUT2D eigenvalue weighted by atomic mass is 10.0. The maximum Gasteiger partial charge on any atom is 0.326 e. The van der Waals surface area contributed by atoms with Gasteiger partial charge in [-0.1, -0.05) is 44.2 Å². The summed E-state index contributed by atoms with van der Waals surface area (Å²) in [5, 5.41) is 15.1. The van der Waals surface area contributed by atoms with E-state index in [2.05, 4.69) is 23.3 Å². The fraction of sp³-hybridized carbons (Fsp3) is 0.529. The SMILES string of the molecule is CC(C)C[C@H](NC(=O)[C@H](Cc1ccccc1)NCCS)C(=O)O. The summed E-state index contributed by atoms with van der Waals surface area (Å²) in [5.74, 6) is -0.495. The van der Waals surface area contributed by atoms with E-state index >= 15 is 0 Å². The van der Waals surface area contributed by atoms with Crippen LogP contribution in [0.25, 0.3) is 0 Å². The Bertz CT molecular complexity index is 494. The molecule has 0 aliphatic rings. The van der Waals surface area contributed by atoms with Crippen LogP contribution in [0, 0.1) is 5.92 Å². The molecule has 0 spiro atoms. The number of hydrogen-bond acceptors (Lipinski definition) is 4. The second kappa shape index (κ2) is 10.3. The highest BCUT2D eigenvalue weighted by Crippen LogP contribution is 2.07. The molecule has 1 amide bonds. The van der Waals surface area contributed by atoms with Crippen molar-refractivity contribution >= 4 is 24.5 Å². The van der Waals surface area contributed by atoms with Crippen molar-refractivity contribution in [1.82, 2.24) is 10.6 Å². The average Bonchev–Trinajstić information content (AvgIpc) is 2.51. The van der Waals surface area contributed by atoms with Crippen LogP contribution < -0.4 is 10.6 Å². The number of carboxylic acid groups (broad SMARTS) is 1. The molecule has 0 aromatic heterocycles. The van der Waals surface area contributed by atoms with Crippen LogP contribution in [-0.2, 0) is 16.0 Å². The van der Waals surface area contributed by atoms with Crippen molar-refractivity contribution in [2.24, 2.45) is 5.92 Å². The van der Waals surface area contributed by atoms with Gasteiger partial charge >= 0.3 is 5.97 Å². The van der Waals surface area contributed by atoms with E-state index in [1.165, 1.54) is 0 Å². The number of carbonyl (C=O) groups is 2. The van der Waals surface area contributed by atoms with E-state index in [1.807, 2.05) is 44.2 Å². The molecule has 23 heavy (non-hydrogen) atoms. The van der Waals surface area contributed by atoms with Crippen molar-refractivity contribution in [2.45, 2.75) is 38.8 Å². The van der Waals surface area contributed by atoms with Crippen molar-refractivity contribution in [3.05, 3.63) is 35.9 Å². The Labute approximate surface area is 143 Å². The summed E-state index contributed by atoms with van der Waals surface area (Å²) in [5.41, 5.74) is 1.02. The van der Waals surface area contributed by atoms with E-state index in [0.717, 1.165) is 5.56 Å². The number of rotatable bonds is 10. The zero-order valence-electron chi connectivity index (χ0n) is 13.7. The molecule has 2 atom stereocenters. The third-order valence-electron chi connectivity index (χ3n) is 3.42. The number of carbonyl (C=O) groups excluding carboxylic acids is 1. The summed E-state index contributed by atoms with van der Waals surface area (Å²) >= 11 is 4.15. The van der Waals surface area contributed by atoms with Gasteiger partial charge in [-0.3, -0.25) is 4.79 Å². The van der Waals surface area contributed by atoms with Crippen molar-refractivity contribution in [3.63, 3.8) is 0 Å². The molecule has 128 valence electrons.